The third-order valence-electron chi connectivity index (χ3n) is 2.64. The van der Waals surface area contributed by atoms with Crippen LogP contribution in [0.4, 0.5) is 4.39 Å². The van der Waals surface area contributed by atoms with Crippen molar-refractivity contribution in [2.45, 2.75) is 12.5 Å². The first kappa shape index (κ1) is 12.1. The highest BCUT2D eigenvalue weighted by atomic mass is 35.5. The number of hydrogen-bond acceptors (Lipinski definition) is 2. The van der Waals surface area contributed by atoms with Gasteiger partial charge in [-0.25, -0.2) is 9.37 Å². The van der Waals surface area contributed by atoms with Crippen molar-refractivity contribution in [3.63, 3.8) is 0 Å². The summed E-state index contributed by atoms with van der Waals surface area (Å²) in [6, 6.07) is 4.58. The van der Waals surface area contributed by atoms with Crippen LogP contribution in [0.2, 0.25) is 5.02 Å². The zero-order valence-corrected chi connectivity index (χ0v) is 10.1. The van der Waals surface area contributed by atoms with E-state index in [1.807, 2.05) is 0 Å². The Morgan fingerprint density at radius 2 is 2.35 bits per heavy atom. The van der Waals surface area contributed by atoms with E-state index in [2.05, 4.69) is 15.3 Å². The minimum absolute atomic E-state index is 0.126. The smallest absolute Gasteiger partial charge is 0.129 e. The molecule has 2 aromatic rings. The van der Waals surface area contributed by atoms with Gasteiger partial charge in [0.1, 0.15) is 11.6 Å². The Labute approximate surface area is 104 Å². The number of halogens is 2. The molecule has 0 aliphatic rings. The molecule has 0 amide bonds. The van der Waals surface area contributed by atoms with Crippen LogP contribution in [-0.2, 0) is 6.42 Å². The van der Waals surface area contributed by atoms with Crippen molar-refractivity contribution in [3.05, 3.63) is 52.8 Å². The Bertz CT molecular complexity index is 485. The lowest BCUT2D eigenvalue weighted by Crippen LogP contribution is -2.20. The summed E-state index contributed by atoms with van der Waals surface area (Å²) in [7, 11) is 1.79. The van der Waals surface area contributed by atoms with Crippen LogP contribution in [0, 0.1) is 5.82 Å². The van der Waals surface area contributed by atoms with Crippen molar-refractivity contribution in [2.75, 3.05) is 7.05 Å². The molecule has 2 N–H and O–H groups in total. The van der Waals surface area contributed by atoms with Crippen LogP contribution in [0.3, 0.4) is 0 Å². The highest BCUT2D eigenvalue weighted by molar-refractivity contribution is 6.30. The minimum atomic E-state index is -0.302. The first-order valence-corrected chi connectivity index (χ1v) is 5.69. The fraction of sp³-hybridized carbons (Fsp3) is 0.250. The summed E-state index contributed by atoms with van der Waals surface area (Å²) in [4.78, 5) is 7.14. The van der Waals surface area contributed by atoms with Gasteiger partial charge in [-0.15, -0.1) is 0 Å². The summed E-state index contributed by atoms with van der Waals surface area (Å²) in [5, 5.41) is 3.48. The summed E-state index contributed by atoms with van der Waals surface area (Å²) in [5.74, 6) is 0.516. The number of H-pyrrole nitrogens is 1. The van der Waals surface area contributed by atoms with Crippen LogP contribution in [0.25, 0.3) is 0 Å². The molecule has 0 bridgehead atoms. The number of imidazole rings is 1. The number of hydrogen-bond donors (Lipinski definition) is 2. The van der Waals surface area contributed by atoms with Gasteiger partial charge in [-0.3, -0.25) is 0 Å². The Kier molecular flexibility index (Phi) is 3.76. The zero-order valence-electron chi connectivity index (χ0n) is 9.37. The van der Waals surface area contributed by atoms with Crippen molar-refractivity contribution >= 4 is 11.6 Å². The van der Waals surface area contributed by atoms with Crippen molar-refractivity contribution in [2.24, 2.45) is 0 Å². The van der Waals surface area contributed by atoms with E-state index in [1.54, 1.807) is 31.6 Å². The molecule has 0 fully saturated rings. The number of benzene rings is 1. The van der Waals surface area contributed by atoms with E-state index in [4.69, 9.17) is 11.6 Å². The lowest BCUT2D eigenvalue weighted by Gasteiger charge is -2.16. The van der Waals surface area contributed by atoms with Gasteiger partial charge >= 0.3 is 0 Å². The van der Waals surface area contributed by atoms with Gasteiger partial charge in [0.05, 0.1) is 0 Å². The predicted octanol–water partition coefficient (Wildman–Crippen LogP) is 2.71. The Morgan fingerprint density at radius 1 is 1.53 bits per heavy atom. The number of aromatic nitrogens is 2. The van der Waals surface area contributed by atoms with Crippen molar-refractivity contribution in [3.8, 4) is 0 Å². The number of likely N-dealkylation sites (N-methyl/N-ethyl adjacent to an activating group) is 1. The molecule has 1 aromatic heterocycles. The van der Waals surface area contributed by atoms with Gasteiger partial charge < -0.3 is 10.3 Å². The van der Waals surface area contributed by atoms with Crippen LogP contribution >= 0.6 is 11.6 Å². The first-order chi connectivity index (χ1) is 8.20. The quantitative estimate of drug-likeness (QED) is 0.880. The monoisotopic (exact) mass is 253 g/mol. The van der Waals surface area contributed by atoms with Crippen molar-refractivity contribution in [1.82, 2.24) is 15.3 Å². The molecule has 0 spiro atoms. The highest BCUT2D eigenvalue weighted by Gasteiger charge is 2.15. The molecule has 1 heterocycles. The van der Waals surface area contributed by atoms with Crippen LogP contribution in [0.15, 0.2) is 30.6 Å². The third-order valence-corrected chi connectivity index (χ3v) is 2.87. The van der Waals surface area contributed by atoms with Gasteiger partial charge in [-0.2, -0.15) is 0 Å². The van der Waals surface area contributed by atoms with E-state index in [9.17, 15) is 4.39 Å². The van der Waals surface area contributed by atoms with Gasteiger partial charge in [-0.05, 0) is 19.2 Å². The minimum Gasteiger partial charge on any atom is -0.349 e. The molecule has 0 saturated carbocycles. The maximum Gasteiger partial charge on any atom is 0.129 e. The lowest BCUT2D eigenvalue weighted by atomic mass is 10.0. The Balaban J connectivity index is 2.23. The van der Waals surface area contributed by atoms with Crippen LogP contribution in [0.1, 0.15) is 17.4 Å². The maximum absolute atomic E-state index is 13.8. The molecule has 2 rings (SSSR count). The normalized spacial score (nSPS) is 12.6. The second-order valence-electron chi connectivity index (χ2n) is 3.75. The van der Waals surface area contributed by atoms with Gasteiger partial charge in [0.25, 0.3) is 0 Å². The van der Waals surface area contributed by atoms with Gasteiger partial charge in [0.15, 0.2) is 0 Å². The number of nitrogens with zero attached hydrogens (tertiary/aromatic N) is 1. The van der Waals surface area contributed by atoms with Crippen molar-refractivity contribution < 1.29 is 4.39 Å². The molecule has 0 radical (unpaired) electrons. The van der Waals surface area contributed by atoms with Crippen LogP contribution < -0.4 is 5.32 Å². The maximum atomic E-state index is 13.8. The lowest BCUT2D eigenvalue weighted by molar-refractivity contribution is 0.527. The topological polar surface area (TPSA) is 40.7 Å². The average molecular weight is 254 g/mol. The molecule has 1 atom stereocenters. The second kappa shape index (κ2) is 5.29. The molecule has 0 aliphatic carbocycles. The van der Waals surface area contributed by atoms with Crippen LogP contribution in [-0.4, -0.2) is 17.0 Å². The van der Waals surface area contributed by atoms with Crippen LogP contribution in [0.5, 0.6) is 0 Å². The fourth-order valence-corrected chi connectivity index (χ4v) is 1.91. The van der Waals surface area contributed by atoms with E-state index in [0.29, 0.717) is 17.0 Å². The highest BCUT2D eigenvalue weighted by Crippen LogP contribution is 2.22. The summed E-state index contributed by atoms with van der Waals surface area (Å²) in [5.41, 5.74) is 0.591. The Hall–Kier alpha value is -1.39. The zero-order chi connectivity index (χ0) is 12.3. The molecule has 1 unspecified atom stereocenters. The molecule has 0 saturated heterocycles. The largest absolute Gasteiger partial charge is 0.349 e. The van der Waals surface area contributed by atoms with Gasteiger partial charge in [0.2, 0.25) is 0 Å². The molecule has 90 valence electrons. The summed E-state index contributed by atoms with van der Waals surface area (Å²) in [6.07, 6.45) is 4.03. The fourth-order valence-electron chi connectivity index (χ4n) is 1.75. The number of nitrogens with one attached hydrogen (secondary N) is 2. The molecular formula is C12H13ClFN3. The number of aromatic amines is 1. The first-order valence-electron chi connectivity index (χ1n) is 5.31. The number of rotatable bonds is 4. The molecule has 17 heavy (non-hydrogen) atoms. The molecular weight excluding hydrogens is 241 g/mol. The average Bonchev–Trinajstić information content (AvgIpc) is 2.79. The Morgan fingerprint density at radius 3 is 2.94 bits per heavy atom. The van der Waals surface area contributed by atoms with E-state index >= 15 is 0 Å². The standard InChI is InChI=1S/C12H13ClFN3/c1-15-11(7-12-16-4-5-17-12)9-3-2-8(13)6-10(9)14/h2-6,11,15H,7H2,1H3,(H,16,17). The van der Waals surface area contributed by atoms with Gasteiger partial charge in [0, 0.05) is 35.4 Å². The third kappa shape index (κ3) is 2.84. The molecule has 1 aromatic carbocycles. The summed E-state index contributed by atoms with van der Waals surface area (Å²) >= 11 is 5.73. The van der Waals surface area contributed by atoms with E-state index in [0.717, 1.165) is 5.82 Å². The molecule has 5 heteroatoms. The SMILES string of the molecule is CNC(Cc1ncc[nH]1)c1ccc(Cl)cc1F. The van der Waals surface area contributed by atoms with Gasteiger partial charge in [-0.1, -0.05) is 17.7 Å². The molecule has 3 nitrogen and oxygen atoms in total. The second-order valence-corrected chi connectivity index (χ2v) is 4.18. The molecule has 0 aliphatic heterocycles. The summed E-state index contributed by atoms with van der Waals surface area (Å²) in [6.45, 7) is 0. The van der Waals surface area contributed by atoms with E-state index in [1.165, 1.54) is 6.07 Å². The predicted molar refractivity (Wildman–Crippen MR) is 65.5 cm³/mol. The van der Waals surface area contributed by atoms with E-state index < -0.39 is 0 Å². The van der Waals surface area contributed by atoms with Crippen molar-refractivity contribution in [1.29, 1.82) is 0 Å². The van der Waals surface area contributed by atoms with E-state index in [-0.39, 0.29) is 11.9 Å². The summed E-state index contributed by atoms with van der Waals surface area (Å²) < 4.78 is 13.8.